The number of esters is 1. The number of pyridine rings is 2. The molecule has 10 nitrogen and oxygen atoms in total. The molecule has 10 heteroatoms. The molecule has 0 unspecified atom stereocenters. The van der Waals surface area contributed by atoms with Gasteiger partial charge in [0.1, 0.15) is 18.8 Å². The molecule has 0 aliphatic carbocycles. The van der Waals surface area contributed by atoms with Crippen molar-refractivity contribution in [2.45, 2.75) is 13.5 Å². The van der Waals surface area contributed by atoms with E-state index in [1.165, 1.54) is 10.6 Å². The Balaban J connectivity index is 1.66. The van der Waals surface area contributed by atoms with Crippen molar-refractivity contribution in [1.82, 2.24) is 25.0 Å². The number of carbonyl (C=O) groups excluding carboxylic acids is 2. The number of nitrogens with one attached hydrogen (secondary N) is 1. The Hall–Kier alpha value is -4.34. The highest BCUT2D eigenvalue weighted by Gasteiger charge is 2.18. The molecular formula is C22H19N5O5. The second-order valence-electron chi connectivity index (χ2n) is 6.72. The number of carbonyl (C=O) groups is 2. The zero-order chi connectivity index (χ0) is 22.5. The van der Waals surface area contributed by atoms with Crippen LogP contribution in [0.4, 0.5) is 0 Å². The Morgan fingerprint density at radius 1 is 1.16 bits per heavy atom. The molecule has 0 spiro atoms. The van der Waals surface area contributed by atoms with Crippen LogP contribution >= 0.6 is 0 Å². The Morgan fingerprint density at radius 3 is 2.75 bits per heavy atom. The van der Waals surface area contributed by atoms with Gasteiger partial charge in [-0.15, -0.1) is 0 Å². The van der Waals surface area contributed by atoms with Gasteiger partial charge >= 0.3 is 5.97 Å². The van der Waals surface area contributed by atoms with E-state index in [0.717, 1.165) is 0 Å². The Labute approximate surface area is 181 Å². The predicted octanol–water partition coefficient (Wildman–Crippen LogP) is 1.79. The second-order valence-corrected chi connectivity index (χ2v) is 6.72. The lowest BCUT2D eigenvalue weighted by atomic mass is 10.1. The van der Waals surface area contributed by atoms with E-state index in [9.17, 15) is 14.4 Å². The summed E-state index contributed by atoms with van der Waals surface area (Å²) in [5, 5.41) is 7.07. The molecule has 1 N–H and O–H groups in total. The van der Waals surface area contributed by atoms with Crippen molar-refractivity contribution < 1.29 is 18.8 Å². The van der Waals surface area contributed by atoms with Crippen LogP contribution in [0, 0.1) is 0 Å². The molecule has 32 heavy (non-hydrogen) atoms. The van der Waals surface area contributed by atoms with E-state index < -0.39 is 17.4 Å². The molecule has 0 radical (unpaired) electrons. The van der Waals surface area contributed by atoms with Crippen LogP contribution in [0.1, 0.15) is 6.92 Å². The molecule has 4 aromatic rings. The molecule has 1 amide bonds. The van der Waals surface area contributed by atoms with Gasteiger partial charge in [0.15, 0.2) is 0 Å². The first-order valence-corrected chi connectivity index (χ1v) is 9.87. The number of aromatic nitrogens is 4. The maximum Gasteiger partial charge on any atom is 0.325 e. The minimum atomic E-state index is -0.548. The van der Waals surface area contributed by atoms with E-state index in [0.29, 0.717) is 28.0 Å². The van der Waals surface area contributed by atoms with Crippen molar-refractivity contribution in [3.8, 4) is 23.0 Å². The molecule has 4 rings (SSSR count). The first-order chi connectivity index (χ1) is 15.6. The van der Waals surface area contributed by atoms with Gasteiger partial charge in [0.25, 0.3) is 11.4 Å². The van der Waals surface area contributed by atoms with Crippen molar-refractivity contribution in [3.63, 3.8) is 0 Å². The Kier molecular flexibility index (Phi) is 6.02. The van der Waals surface area contributed by atoms with E-state index in [1.54, 1.807) is 49.5 Å². The zero-order valence-corrected chi connectivity index (χ0v) is 17.1. The summed E-state index contributed by atoms with van der Waals surface area (Å²) in [6, 6.07) is 13.7. The summed E-state index contributed by atoms with van der Waals surface area (Å²) >= 11 is 0. The standard InChI is InChI=1S/C22H19N5O5/c1-2-31-20(30)12-24-18(28)13-27-17-9-4-3-7-14(17)15(11-19(27)29)22-25-21(26-32-22)16-8-5-6-10-23-16/h3-11H,2,12-13H2,1H3,(H,24,28). The number of fused-ring (bicyclic) bond motifs is 1. The van der Waals surface area contributed by atoms with Crippen LogP contribution in [0.5, 0.6) is 0 Å². The third-order valence-electron chi connectivity index (χ3n) is 4.61. The zero-order valence-electron chi connectivity index (χ0n) is 17.1. The van der Waals surface area contributed by atoms with Crippen molar-refractivity contribution >= 4 is 22.8 Å². The summed E-state index contributed by atoms with van der Waals surface area (Å²) in [5.41, 5.74) is 1.07. The summed E-state index contributed by atoms with van der Waals surface area (Å²) in [7, 11) is 0. The summed E-state index contributed by atoms with van der Waals surface area (Å²) in [5.74, 6) is -0.577. The van der Waals surface area contributed by atoms with Crippen LogP contribution in [0.3, 0.4) is 0 Å². The first-order valence-electron chi connectivity index (χ1n) is 9.87. The number of para-hydroxylation sites is 1. The smallest absolute Gasteiger partial charge is 0.325 e. The first kappa shape index (κ1) is 20.9. The summed E-state index contributed by atoms with van der Waals surface area (Å²) in [6.45, 7) is 1.37. The van der Waals surface area contributed by atoms with Crippen LogP contribution in [0.15, 0.2) is 64.0 Å². The number of hydrogen-bond acceptors (Lipinski definition) is 8. The molecule has 3 heterocycles. The third-order valence-corrected chi connectivity index (χ3v) is 4.61. The molecule has 0 bridgehead atoms. The van der Waals surface area contributed by atoms with Gasteiger partial charge in [0.2, 0.25) is 11.7 Å². The van der Waals surface area contributed by atoms with Crippen LogP contribution in [0.25, 0.3) is 33.9 Å². The molecule has 0 atom stereocenters. The minimum Gasteiger partial charge on any atom is -0.465 e. The van der Waals surface area contributed by atoms with Gasteiger partial charge in [-0.05, 0) is 25.1 Å². The van der Waals surface area contributed by atoms with Crippen LogP contribution in [-0.2, 0) is 20.9 Å². The van der Waals surface area contributed by atoms with Crippen LogP contribution in [0.2, 0.25) is 0 Å². The topological polar surface area (TPSA) is 129 Å². The molecule has 3 aromatic heterocycles. The largest absolute Gasteiger partial charge is 0.465 e. The van der Waals surface area contributed by atoms with E-state index in [1.807, 2.05) is 6.07 Å². The highest BCUT2D eigenvalue weighted by atomic mass is 16.5. The molecule has 0 aliphatic rings. The van der Waals surface area contributed by atoms with Gasteiger partial charge in [0.05, 0.1) is 17.7 Å². The maximum absolute atomic E-state index is 12.9. The lowest BCUT2D eigenvalue weighted by molar-refractivity contribution is -0.143. The monoisotopic (exact) mass is 433 g/mol. The molecule has 0 saturated carbocycles. The number of amides is 1. The fourth-order valence-corrected chi connectivity index (χ4v) is 3.19. The fourth-order valence-electron chi connectivity index (χ4n) is 3.19. The maximum atomic E-state index is 12.9. The minimum absolute atomic E-state index is 0.165. The number of ether oxygens (including phenoxy) is 1. The Bertz CT molecular complexity index is 1330. The average molecular weight is 433 g/mol. The fraction of sp³-hybridized carbons (Fsp3) is 0.182. The van der Waals surface area contributed by atoms with Crippen LogP contribution < -0.4 is 10.9 Å². The van der Waals surface area contributed by atoms with Crippen molar-refractivity contribution in [2.75, 3.05) is 13.2 Å². The van der Waals surface area contributed by atoms with Crippen molar-refractivity contribution in [3.05, 3.63) is 65.1 Å². The van der Waals surface area contributed by atoms with E-state index in [4.69, 9.17) is 9.26 Å². The molecule has 1 aromatic carbocycles. The van der Waals surface area contributed by atoms with Gasteiger partial charge in [-0.1, -0.05) is 29.4 Å². The molecular weight excluding hydrogens is 414 g/mol. The molecule has 0 fully saturated rings. The summed E-state index contributed by atoms with van der Waals surface area (Å²) in [6.07, 6.45) is 1.62. The summed E-state index contributed by atoms with van der Waals surface area (Å²) in [4.78, 5) is 45.2. The lowest BCUT2D eigenvalue weighted by Crippen LogP contribution is -2.35. The number of hydrogen-bond donors (Lipinski definition) is 1. The molecule has 162 valence electrons. The highest BCUT2D eigenvalue weighted by molar-refractivity contribution is 5.93. The van der Waals surface area contributed by atoms with Gasteiger partial charge in [-0.25, -0.2) is 0 Å². The molecule has 0 saturated heterocycles. The quantitative estimate of drug-likeness (QED) is 0.437. The second kappa shape index (κ2) is 9.21. The van der Waals surface area contributed by atoms with Gasteiger partial charge < -0.3 is 14.6 Å². The SMILES string of the molecule is CCOC(=O)CNC(=O)Cn1c(=O)cc(-c2nc(-c3ccccn3)no2)c2ccccc21. The Morgan fingerprint density at radius 2 is 1.97 bits per heavy atom. The van der Waals surface area contributed by atoms with E-state index in [2.05, 4.69) is 20.4 Å². The predicted molar refractivity (Wildman–Crippen MR) is 114 cm³/mol. The van der Waals surface area contributed by atoms with E-state index >= 15 is 0 Å². The lowest BCUT2D eigenvalue weighted by Gasteiger charge is -2.12. The van der Waals surface area contributed by atoms with Crippen LogP contribution in [-0.4, -0.2) is 44.7 Å². The highest BCUT2D eigenvalue weighted by Crippen LogP contribution is 2.27. The number of benzene rings is 1. The summed E-state index contributed by atoms with van der Waals surface area (Å²) < 4.78 is 11.5. The van der Waals surface area contributed by atoms with E-state index in [-0.39, 0.29) is 25.6 Å². The molecule has 0 aliphatic heterocycles. The normalized spacial score (nSPS) is 10.8. The van der Waals surface area contributed by atoms with Crippen molar-refractivity contribution in [2.24, 2.45) is 0 Å². The van der Waals surface area contributed by atoms with Gasteiger partial charge in [-0.3, -0.25) is 23.9 Å². The third kappa shape index (κ3) is 4.38. The number of rotatable bonds is 7. The number of nitrogens with zero attached hydrogens (tertiary/aromatic N) is 4. The average Bonchev–Trinajstić information content (AvgIpc) is 3.30. The van der Waals surface area contributed by atoms with Gasteiger partial charge in [-0.2, -0.15) is 4.98 Å². The van der Waals surface area contributed by atoms with Gasteiger partial charge in [0, 0.05) is 17.6 Å². The van der Waals surface area contributed by atoms with Crippen molar-refractivity contribution in [1.29, 1.82) is 0 Å².